The van der Waals surface area contributed by atoms with Crippen LogP contribution >= 0.6 is 0 Å². The summed E-state index contributed by atoms with van der Waals surface area (Å²) in [7, 11) is 0. The molecule has 12 nitrogen and oxygen atoms in total. The van der Waals surface area contributed by atoms with Crippen molar-refractivity contribution in [2.24, 2.45) is 11.8 Å². The van der Waals surface area contributed by atoms with Gasteiger partial charge in [-0.1, -0.05) is 20.8 Å². The third kappa shape index (κ3) is 10.6. The number of pyridine rings is 2. The Bertz CT molecular complexity index is 2410. The van der Waals surface area contributed by atoms with Crippen molar-refractivity contribution in [3.05, 3.63) is 118 Å². The Labute approximate surface area is 346 Å². The molecule has 0 aliphatic carbocycles. The molecule has 2 saturated heterocycles. The van der Waals surface area contributed by atoms with E-state index in [1.807, 2.05) is 62.4 Å². The number of piperidine rings is 2. The largest absolute Gasteiger partial charge is 0.494 e. The van der Waals surface area contributed by atoms with Crippen molar-refractivity contribution in [1.29, 1.82) is 0 Å². The lowest BCUT2D eigenvalue weighted by molar-refractivity contribution is 0.170. The van der Waals surface area contributed by atoms with E-state index in [0.29, 0.717) is 53.2 Å². The van der Waals surface area contributed by atoms with Crippen molar-refractivity contribution < 1.29 is 9.47 Å². The molecule has 2 atom stereocenters. The summed E-state index contributed by atoms with van der Waals surface area (Å²) >= 11 is 0. The number of hydrogen-bond donors (Lipinski definition) is 0. The first-order valence-corrected chi connectivity index (χ1v) is 21.4. The van der Waals surface area contributed by atoms with Crippen LogP contribution in [0.25, 0.3) is 33.3 Å². The van der Waals surface area contributed by atoms with E-state index >= 15 is 0 Å². The smallest absolute Gasteiger partial charge is 0.267 e. The lowest BCUT2D eigenvalue weighted by Crippen LogP contribution is -2.35. The Morgan fingerprint density at radius 2 is 1.27 bits per heavy atom. The van der Waals surface area contributed by atoms with Crippen LogP contribution in [0.1, 0.15) is 70.9 Å². The summed E-state index contributed by atoms with van der Waals surface area (Å²) in [4.78, 5) is 48.4. The van der Waals surface area contributed by atoms with Gasteiger partial charge in [0.2, 0.25) is 0 Å². The zero-order valence-corrected chi connectivity index (χ0v) is 35.1. The lowest BCUT2D eigenvalue weighted by atomic mass is 10.0. The molecule has 0 bridgehead atoms. The molecule has 0 amide bonds. The van der Waals surface area contributed by atoms with Gasteiger partial charge in [0.1, 0.15) is 23.1 Å². The minimum absolute atomic E-state index is 0.0885. The molecule has 2 fully saturated rings. The number of fused-ring (bicyclic) bond motifs is 2. The fraction of sp³-hybridized carbons (Fsp3) is 0.447. The Morgan fingerprint density at radius 3 is 1.85 bits per heavy atom. The van der Waals surface area contributed by atoms with Gasteiger partial charge in [0.05, 0.1) is 40.9 Å². The average molecular weight is 799 g/mol. The SMILES string of the molecule is CCc1nc2ncccc2c(=O)n1-c1ccc(OCCCN2CCC[C@H](C)C2)cc1.Cc1nc2ccncc2c(=O)n1-c1ccc(OCCCN2CCC[C@H](C)C2)cc1. The highest BCUT2D eigenvalue weighted by atomic mass is 16.5. The van der Waals surface area contributed by atoms with Gasteiger partial charge in [-0.05, 0) is 137 Å². The second-order valence-corrected chi connectivity index (χ2v) is 16.1. The molecular formula is C47H58N8O4. The molecule has 8 rings (SSSR count). The molecule has 0 saturated carbocycles. The molecule has 4 aromatic heterocycles. The molecular weight excluding hydrogens is 741 g/mol. The third-order valence-electron chi connectivity index (χ3n) is 11.3. The van der Waals surface area contributed by atoms with Crippen molar-refractivity contribution in [2.75, 3.05) is 52.5 Å². The van der Waals surface area contributed by atoms with Gasteiger partial charge in [0, 0.05) is 51.2 Å². The number of nitrogens with zero attached hydrogens (tertiary/aromatic N) is 8. The van der Waals surface area contributed by atoms with Crippen LogP contribution < -0.4 is 20.6 Å². The fourth-order valence-corrected chi connectivity index (χ4v) is 8.33. The van der Waals surface area contributed by atoms with Crippen molar-refractivity contribution in [1.82, 2.24) is 38.9 Å². The predicted molar refractivity (Wildman–Crippen MR) is 234 cm³/mol. The quantitative estimate of drug-likeness (QED) is 0.109. The van der Waals surface area contributed by atoms with Crippen LogP contribution in [0.3, 0.4) is 0 Å². The van der Waals surface area contributed by atoms with E-state index in [4.69, 9.17) is 9.47 Å². The molecule has 6 aromatic rings. The molecule has 2 aliphatic rings. The minimum atomic E-state index is -0.106. The topological polar surface area (TPSA) is 121 Å². The van der Waals surface area contributed by atoms with Crippen molar-refractivity contribution in [2.45, 2.75) is 72.6 Å². The van der Waals surface area contributed by atoms with E-state index in [1.54, 1.807) is 45.9 Å². The van der Waals surface area contributed by atoms with Gasteiger partial charge in [0.25, 0.3) is 11.1 Å². The average Bonchev–Trinajstić information content (AvgIpc) is 3.25. The van der Waals surface area contributed by atoms with E-state index in [0.717, 1.165) is 60.6 Å². The number of likely N-dealkylation sites (tertiary alicyclic amines) is 2. The van der Waals surface area contributed by atoms with Gasteiger partial charge >= 0.3 is 0 Å². The van der Waals surface area contributed by atoms with E-state index in [1.165, 1.54) is 51.9 Å². The highest BCUT2D eigenvalue weighted by molar-refractivity contribution is 5.76. The summed E-state index contributed by atoms with van der Waals surface area (Å²) in [6.07, 6.45) is 12.9. The number of benzene rings is 2. The van der Waals surface area contributed by atoms with Crippen LogP contribution in [0, 0.1) is 18.8 Å². The zero-order valence-electron chi connectivity index (χ0n) is 35.1. The van der Waals surface area contributed by atoms with Crippen molar-refractivity contribution in [3.8, 4) is 22.9 Å². The van der Waals surface area contributed by atoms with Gasteiger partial charge in [-0.25, -0.2) is 15.0 Å². The standard InChI is InChI=1S/C24H30N4O2.C23H28N4O2/c1-3-22-26-23-21(8-4-13-25-23)24(29)28(22)19-9-11-20(12-10-19)30-16-6-15-27-14-5-7-18(2)17-27;1-17-5-3-12-26(16-17)13-4-14-29-20-8-6-19(7-9-20)27-18(2)25-22-10-11-24-15-21(22)23(27)28/h4,8-13,18H,3,5-7,14-17H2,1-2H3;6-11,15,17H,3-5,12-14,16H2,1-2H3/t18-;17-/m00/s1. The van der Waals surface area contributed by atoms with E-state index < -0.39 is 0 Å². The first-order valence-electron chi connectivity index (χ1n) is 21.4. The highest BCUT2D eigenvalue weighted by Crippen LogP contribution is 2.20. The number of ether oxygens (including phenoxy) is 2. The monoisotopic (exact) mass is 798 g/mol. The molecule has 2 aromatic carbocycles. The van der Waals surface area contributed by atoms with E-state index in [-0.39, 0.29) is 11.1 Å². The van der Waals surface area contributed by atoms with E-state index in [2.05, 4.69) is 43.6 Å². The Morgan fingerprint density at radius 1 is 0.695 bits per heavy atom. The summed E-state index contributed by atoms with van der Waals surface area (Å²) in [5.41, 5.74) is 2.55. The summed E-state index contributed by atoms with van der Waals surface area (Å²) in [5, 5.41) is 1.05. The van der Waals surface area contributed by atoms with E-state index in [9.17, 15) is 9.59 Å². The molecule has 0 radical (unpaired) electrons. The molecule has 0 N–H and O–H groups in total. The predicted octanol–water partition coefficient (Wildman–Crippen LogP) is 7.43. The Kier molecular flexibility index (Phi) is 14.1. The van der Waals surface area contributed by atoms with Gasteiger partial charge in [-0.15, -0.1) is 0 Å². The molecule has 6 heterocycles. The number of aryl methyl sites for hydroxylation is 2. The maximum Gasteiger partial charge on any atom is 0.267 e. The van der Waals surface area contributed by atoms with Crippen LogP contribution in [0.15, 0.2) is 94.9 Å². The first kappa shape index (κ1) is 41.7. The molecule has 0 unspecified atom stereocenters. The van der Waals surface area contributed by atoms with Gasteiger partial charge in [0.15, 0.2) is 5.65 Å². The highest BCUT2D eigenvalue weighted by Gasteiger charge is 2.17. The van der Waals surface area contributed by atoms with Crippen molar-refractivity contribution in [3.63, 3.8) is 0 Å². The molecule has 59 heavy (non-hydrogen) atoms. The summed E-state index contributed by atoms with van der Waals surface area (Å²) in [6.45, 7) is 16.9. The second kappa shape index (κ2) is 20.0. The van der Waals surface area contributed by atoms with Crippen LogP contribution in [-0.2, 0) is 6.42 Å². The van der Waals surface area contributed by atoms with Crippen LogP contribution in [-0.4, -0.2) is 91.4 Å². The zero-order chi connectivity index (χ0) is 41.1. The van der Waals surface area contributed by atoms with Crippen LogP contribution in [0.2, 0.25) is 0 Å². The number of hydrogen-bond acceptors (Lipinski definition) is 10. The van der Waals surface area contributed by atoms with Crippen LogP contribution in [0.5, 0.6) is 11.5 Å². The summed E-state index contributed by atoms with van der Waals surface area (Å²) < 4.78 is 15.1. The third-order valence-corrected chi connectivity index (χ3v) is 11.3. The molecule has 0 spiro atoms. The molecule has 310 valence electrons. The Hall–Kier alpha value is -5.46. The number of rotatable bonds is 13. The maximum absolute atomic E-state index is 13.0. The molecule has 12 heteroatoms. The normalized spacial score (nSPS) is 17.4. The minimum Gasteiger partial charge on any atom is -0.494 e. The maximum atomic E-state index is 13.0. The summed E-state index contributed by atoms with van der Waals surface area (Å²) in [5.74, 6) is 4.62. The summed E-state index contributed by atoms with van der Waals surface area (Å²) in [6, 6.07) is 20.6. The van der Waals surface area contributed by atoms with Crippen LogP contribution in [0.4, 0.5) is 0 Å². The fourth-order valence-electron chi connectivity index (χ4n) is 8.33. The lowest BCUT2D eigenvalue weighted by Gasteiger charge is -2.30. The number of aromatic nitrogens is 6. The molecule has 2 aliphatic heterocycles. The van der Waals surface area contributed by atoms with Crippen molar-refractivity contribution >= 4 is 21.9 Å². The van der Waals surface area contributed by atoms with Gasteiger partial charge < -0.3 is 19.3 Å². The van der Waals surface area contributed by atoms with Gasteiger partial charge in [-0.2, -0.15) is 0 Å². The second-order valence-electron chi connectivity index (χ2n) is 16.1. The van der Waals surface area contributed by atoms with Gasteiger partial charge in [-0.3, -0.25) is 23.7 Å². The first-order chi connectivity index (χ1) is 28.8. The Balaban J connectivity index is 0.000000179.